The molecule has 1 atom stereocenters. The van der Waals surface area contributed by atoms with Gasteiger partial charge in [0.1, 0.15) is 0 Å². The van der Waals surface area contributed by atoms with Gasteiger partial charge in [-0.05, 0) is 22.5 Å². The maximum absolute atomic E-state index is 4.28. The molecule has 0 heterocycles. The number of hydrogen-bond donors (Lipinski definition) is 0. The summed E-state index contributed by atoms with van der Waals surface area (Å²) in [6.07, 6.45) is 4.37. The summed E-state index contributed by atoms with van der Waals surface area (Å²) in [6, 6.07) is 10.4. The quantitative estimate of drug-likeness (QED) is 0.444. The van der Waals surface area contributed by atoms with Crippen LogP contribution in [0.5, 0.6) is 0 Å². The van der Waals surface area contributed by atoms with Gasteiger partial charge < -0.3 is 0 Å². The highest BCUT2D eigenvalue weighted by Gasteiger charge is 2.24. The molecule has 1 heteroatoms. The van der Waals surface area contributed by atoms with Gasteiger partial charge in [0.15, 0.2) is 0 Å². The molecule has 0 saturated carbocycles. The standard InChI is InChI=1S/C18H27P/c1-14(2)19(15(3)4)17(6)16(5)12-13-18-10-8-7-9-11-18/h7-15,17H,5H2,1-4,6H3. The third kappa shape index (κ3) is 4.96. The maximum Gasteiger partial charge on any atom is 0.00122 e. The minimum Gasteiger partial charge on any atom is -0.0952 e. The Bertz CT molecular complexity index is 407. The van der Waals surface area contributed by atoms with Crippen molar-refractivity contribution >= 4 is 14.0 Å². The lowest BCUT2D eigenvalue weighted by atomic mass is 10.1. The van der Waals surface area contributed by atoms with Crippen molar-refractivity contribution in [2.75, 3.05) is 0 Å². The second kappa shape index (κ2) is 7.65. The van der Waals surface area contributed by atoms with E-state index < -0.39 is 0 Å². The molecule has 0 nitrogen and oxygen atoms in total. The predicted octanol–water partition coefficient (Wildman–Crippen LogP) is 5.94. The van der Waals surface area contributed by atoms with E-state index in [1.807, 2.05) is 6.07 Å². The van der Waals surface area contributed by atoms with Crippen molar-refractivity contribution in [1.29, 1.82) is 0 Å². The highest BCUT2D eigenvalue weighted by Crippen LogP contribution is 2.52. The van der Waals surface area contributed by atoms with Crippen molar-refractivity contribution < 1.29 is 0 Å². The van der Waals surface area contributed by atoms with Gasteiger partial charge in [-0.2, -0.15) is 0 Å². The molecule has 0 bridgehead atoms. The van der Waals surface area contributed by atoms with Gasteiger partial charge in [0.2, 0.25) is 0 Å². The lowest BCUT2D eigenvalue weighted by Gasteiger charge is -2.32. The van der Waals surface area contributed by atoms with Gasteiger partial charge in [-0.25, -0.2) is 0 Å². The van der Waals surface area contributed by atoms with E-state index >= 15 is 0 Å². The summed E-state index contributed by atoms with van der Waals surface area (Å²) in [6.45, 7) is 16.0. The SMILES string of the molecule is C=C(C=Cc1ccccc1)C(C)P(C(C)C)C(C)C. The van der Waals surface area contributed by atoms with Crippen LogP contribution in [0.2, 0.25) is 0 Å². The van der Waals surface area contributed by atoms with E-state index in [2.05, 4.69) is 77.6 Å². The first-order valence-electron chi connectivity index (χ1n) is 7.12. The van der Waals surface area contributed by atoms with Crippen LogP contribution in [0.3, 0.4) is 0 Å². The van der Waals surface area contributed by atoms with Gasteiger partial charge in [-0.1, -0.05) is 91.6 Å². The largest absolute Gasteiger partial charge is 0.0952 e. The molecule has 19 heavy (non-hydrogen) atoms. The normalized spacial score (nSPS) is 13.7. The fourth-order valence-corrected chi connectivity index (χ4v) is 6.04. The maximum atomic E-state index is 4.28. The summed E-state index contributed by atoms with van der Waals surface area (Å²) < 4.78 is 0. The van der Waals surface area contributed by atoms with Crippen LogP contribution in [-0.4, -0.2) is 17.0 Å². The Balaban J connectivity index is 2.74. The molecule has 0 saturated heterocycles. The predicted molar refractivity (Wildman–Crippen MR) is 91.3 cm³/mol. The summed E-state index contributed by atoms with van der Waals surface area (Å²) in [5, 5.41) is 0. The van der Waals surface area contributed by atoms with Crippen molar-refractivity contribution in [2.24, 2.45) is 0 Å². The van der Waals surface area contributed by atoms with Crippen LogP contribution in [-0.2, 0) is 0 Å². The number of allylic oxidation sites excluding steroid dienone is 2. The fourth-order valence-electron chi connectivity index (χ4n) is 2.59. The smallest absolute Gasteiger partial charge is 0.00122 e. The second-order valence-electron chi connectivity index (χ2n) is 5.63. The summed E-state index contributed by atoms with van der Waals surface area (Å²) >= 11 is 0. The summed E-state index contributed by atoms with van der Waals surface area (Å²) in [5.74, 6) is 0. The molecule has 0 amide bonds. The van der Waals surface area contributed by atoms with Crippen molar-refractivity contribution in [3.05, 3.63) is 54.1 Å². The third-order valence-electron chi connectivity index (χ3n) is 3.47. The fraction of sp³-hybridized carbons (Fsp3) is 0.444. The van der Waals surface area contributed by atoms with E-state index in [-0.39, 0.29) is 7.92 Å². The monoisotopic (exact) mass is 274 g/mol. The number of hydrogen-bond acceptors (Lipinski definition) is 0. The van der Waals surface area contributed by atoms with Crippen LogP contribution in [0.15, 0.2) is 48.6 Å². The number of rotatable bonds is 6. The molecule has 104 valence electrons. The molecule has 1 aromatic rings. The Morgan fingerprint density at radius 3 is 2.00 bits per heavy atom. The zero-order valence-corrected chi connectivity index (χ0v) is 13.8. The van der Waals surface area contributed by atoms with Crippen molar-refractivity contribution in [2.45, 2.75) is 51.6 Å². The average molecular weight is 274 g/mol. The van der Waals surface area contributed by atoms with Crippen molar-refractivity contribution in [1.82, 2.24) is 0 Å². The van der Waals surface area contributed by atoms with Crippen LogP contribution in [0.25, 0.3) is 6.08 Å². The Morgan fingerprint density at radius 2 is 1.53 bits per heavy atom. The molecule has 0 aromatic heterocycles. The van der Waals surface area contributed by atoms with Crippen LogP contribution in [0.4, 0.5) is 0 Å². The topological polar surface area (TPSA) is 0 Å². The highest BCUT2D eigenvalue weighted by molar-refractivity contribution is 7.60. The molecule has 0 aliphatic carbocycles. The van der Waals surface area contributed by atoms with Crippen LogP contribution in [0, 0.1) is 0 Å². The van der Waals surface area contributed by atoms with Crippen molar-refractivity contribution in [3.8, 4) is 0 Å². The van der Waals surface area contributed by atoms with E-state index in [4.69, 9.17) is 0 Å². The average Bonchev–Trinajstić information content (AvgIpc) is 2.36. The molecule has 1 unspecified atom stereocenters. The van der Waals surface area contributed by atoms with Crippen molar-refractivity contribution in [3.63, 3.8) is 0 Å². The summed E-state index contributed by atoms with van der Waals surface area (Å²) in [7, 11) is -0.0105. The molecular weight excluding hydrogens is 247 g/mol. The van der Waals surface area contributed by atoms with Gasteiger partial charge in [0.05, 0.1) is 0 Å². The Labute approximate surface area is 120 Å². The van der Waals surface area contributed by atoms with Gasteiger partial charge in [0.25, 0.3) is 0 Å². The first-order chi connectivity index (χ1) is 8.93. The van der Waals surface area contributed by atoms with Crippen LogP contribution in [0.1, 0.15) is 40.2 Å². The van der Waals surface area contributed by atoms with E-state index in [1.54, 1.807) is 0 Å². The summed E-state index contributed by atoms with van der Waals surface area (Å²) in [5.41, 5.74) is 4.61. The Kier molecular flexibility index (Phi) is 6.52. The Morgan fingerprint density at radius 1 is 1.00 bits per heavy atom. The van der Waals surface area contributed by atoms with Gasteiger partial charge >= 0.3 is 0 Å². The van der Waals surface area contributed by atoms with E-state index in [9.17, 15) is 0 Å². The van der Waals surface area contributed by atoms with Gasteiger partial charge in [-0.15, -0.1) is 0 Å². The molecule has 0 spiro atoms. The van der Waals surface area contributed by atoms with Crippen LogP contribution >= 0.6 is 7.92 Å². The minimum atomic E-state index is -0.0105. The molecular formula is C18H27P. The highest BCUT2D eigenvalue weighted by atomic mass is 31.1. The zero-order valence-electron chi connectivity index (χ0n) is 12.9. The Hall–Kier alpha value is -0.870. The van der Waals surface area contributed by atoms with E-state index in [0.29, 0.717) is 5.66 Å². The number of benzene rings is 1. The second-order valence-corrected chi connectivity index (χ2v) is 9.36. The third-order valence-corrected chi connectivity index (χ3v) is 7.08. The lowest BCUT2D eigenvalue weighted by molar-refractivity contribution is 0.965. The van der Waals surface area contributed by atoms with Gasteiger partial charge in [0, 0.05) is 5.66 Å². The molecule has 1 rings (SSSR count). The van der Waals surface area contributed by atoms with Crippen LogP contribution < -0.4 is 0 Å². The first-order valence-corrected chi connectivity index (χ1v) is 8.67. The van der Waals surface area contributed by atoms with E-state index in [0.717, 1.165) is 11.3 Å². The zero-order chi connectivity index (χ0) is 14.4. The van der Waals surface area contributed by atoms with Gasteiger partial charge in [-0.3, -0.25) is 0 Å². The molecule has 1 aromatic carbocycles. The molecule has 0 aliphatic rings. The molecule has 0 aliphatic heterocycles. The van der Waals surface area contributed by atoms with E-state index in [1.165, 1.54) is 11.1 Å². The summed E-state index contributed by atoms with van der Waals surface area (Å²) in [4.78, 5) is 0. The molecule has 0 radical (unpaired) electrons. The molecule has 0 fully saturated rings. The minimum absolute atomic E-state index is 0.0105. The molecule has 0 N–H and O–H groups in total. The lowest BCUT2D eigenvalue weighted by Crippen LogP contribution is -2.15. The first kappa shape index (κ1) is 16.2.